The Bertz CT molecular complexity index is 568. The van der Waals surface area contributed by atoms with Gasteiger partial charge in [-0.3, -0.25) is 4.98 Å². The Morgan fingerprint density at radius 3 is 2.60 bits per heavy atom. The molecule has 0 aliphatic carbocycles. The second-order valence-corrected chi connectivity index (χ2v) is 5.51. The summed E-state index contributed by atoms with van der Waals surface area (Å²) < 4.78 is 11.1. The summed E-state index contributed by atoms with van der Waals surface area (Å²) in [5.41, 5.74) is 1.87. The fourth-order valence-electron chi connectivity index (χ4n) is 1.99. The van der Waals surface area contributed by atoms with Gasteiger partial charge >= 0.3 is 0 Å². The molecule has 0 spiro atoms. The summed E-state index contributed by atoms with van der Waals surface area (Å²) in [6, 6.07) is 9.80. The van der Waals surface area contributed by atoms with Crippen LogP contribution in [0.1, 0.15) is 17.4 Å². The van der Waals surface area contributed by atoms with Crippen LogP contribution in [-0.4, -0.2) is 23.3 Å². The molecular formula is C15H15NO3S. The van der Waals surface area contributed by atoms with Gasteiger partial charge in [-0.2, -0.15) is 0 Å². The molecule has 0 bridgehead atoms. The Morgan fingerprint density at radius 1 is 1.15 bits per heavy atom. The third kappa shape index (κ3) is 3.02. The lowest BCUT2D eigenvalue weighted by molar-refractivity contribution is -0.0462. The van der Waals surface area contributed by atoms with Crippen LogP contribution in [-0.2, 0) is 16.1 Å². The van der Waals surface area contributed by atoms with E-state index in [0.717, 1.165) is 20.9 Å². The molecule has 2 aromatic rings. The van der Waals surface area contributed by atoms with E-state index in [1.165, 1.54) is 0 Å². The Balaban J connectivity index is 1.82. The van der Waals surface area contributed by atoms with Crippen LogP contribution >= 0.6 is 11.8 Å². The maximum absolute atomic E-state index is 9.06. The summed E-state index contributed by atoms with van der Waals surface area (Å²) >= 11 is 1.64. The fourth-order valence-corrected chi connectivity index (χ4v) is 2.91. The van der Waals surface area contributed by atoms with Crippen LogP contribution in [0.4, 0.5) is 0 Å². The predicted octanol–water partition coefficient (Wildman–Crippen LogP) is 2.77. The molecule has 0 atom stereocenters. The first kappa shape index (κ1) is 13.6. The number of aliphatic hydroxyl groups excluding tert-OH is 1. The van der Waals surface area contributed by atoms with Crippen molar-refractivity contribution in [3.63, 3.8) is 0 Å². The van der Waals surface area contributed by atoms with E-state index in [9.17, 15) is 0 Å². The van der Waals surface area contributed by atoms with Crippen LogP contribution in [0, 0.1) is 0 Å². The van der Waals surface area contributed by atoms with Crippen molar-refractivity contribution < 1.29 is 14.6 Å². The second kappa shape index (κ2) is 6.37. The first-order valence-electron chi connectivity index (χ1n) is 6.41. The zero-order chi connectivity index (χ0) is 13.8. The number of hydrogen-bond donors (Lipinski definition) is 1. The molecule has 1 N–H and O–H groups in total. The highest BCUT2D eigenvalue weighted by Crippen LogP contribution is 2.35. The minimum absolute atomic E-state index is 0.0647. The van der Waals surface area contributed by atoms with Gasteiger partial charge in [-0.15, -0.1) is 0 Å². The number of benzene rings is 1. The van der Waals surface area contributed by atoms with Crippen LogP contribution in [0.5, 0.6) is 0 Å². The van der Waals surface area contributed by atoms with E-state index in [1.807, 2.05) is 30.3 Å². The van der Waals surface area contributed by atoms with Crippen LogP contribution in [0.2, 0.25) is 0 Å². The molecule has 2 heterocycles. The molecule has 5 heteroatoms. The summed E-state index contributed by atoms with van der Waals surface area (Å²) in [4.78, 5) is 6.33. The van der Waals surface area contributed by atoms with Crippen LogP contribution in [0.3, 0.4) is 0 Å². The predicted molar refractivity (Wildman–Crippen MR) is 75.4 cm³/mol. The van der Waals surface area contributed by atoms with E-state index in [1.54, 1.807) is 24.2 Å². The van der Waals surface area contributed by atoms with Gasteiger partial charge in [-0.05, 0) is 23.8 Å². The first-order chi connectivity index (χ1) is 9.86. The van der Waals surface area contributed by atoms with E-state index in [4.69, 9.17) is 14.6 Å². The molecule has 0 saturated carbocycles. The van der Waals surface area contributed by atoms with Crippen LogP contribution in [0.25, 0.3) is 0 Å². The third-order valence-electron chi connectivity index (χ3n) is 3.02. The normalized spacial score (nSPS) is 15.7. The molecule has 1 fully saturated rings. The van der Waals surface area contributed by atoms with Crippen molar-refractivity contribution in [3.8, 4) is 0 Å². The van der Waals surface area contributed by atoms with Crippen molar-refractivity contribution in [2.24, 2.45) is 0 Å². The average molecular weight is 289 g/mol. The van der Waals surface area contributed by atoms with E-state index in [2.05, 4.69) is 4.98 Å². The lowest BCUT2D eigenvalue weighted by Crippen LogP contribution is -2.00. The Hall–Kier alpha value is -1.40. The molecule has 20 heavy (non-hydrogen) atoms. The van der Waals surface area contributed by atoms with Gasteiger partial charge in [0.2, 0.25) is 0 Å². The molecular weight excluding hydrogens is 274 g/mol. The number of nitrogens with zero attached hydrogens (tertiary/aromatic N) is 1. The van der Waals surface area contributed by atoms with Gasteiger partial charge < -0.3 is 14.6 Å². The summed E-state index contributed by atoms with van der Waals surface area (Å²) in [5.74, 6) is 0. The largest absolute Gasteiger partial charge is 0.392 e. The van der Waals surface area contributed by atoms with Gasteiger partial charge in [0.1, 0.15) is 0 Å². The average Bonchev–Trinajstić information content (AvgIpc) is 3.03. The SMILES string of the molecule is OCc1ccc(Sc2ccncc2C2OCCO2)cc1. The number of ether oxygens (including phenoxy) is 2. The van der Waals surface area contributed by atoms with Gasteiger partial charge in [0.05, 0.1) is 19.8 Å². The molecule has 4 nitrogen and oxygen atoms in total. The van der Waals surface area contributed by atoms with Crippen molar-refractivity contribution in [2.75, 3.05) is 13.2 Å². The summed E-state index contributed by atoms with van der Waals surface area (Å²) in [5, 5.41) is 9.06. The molecule has 0 amide bonds. The summed E-state index contributed by atoms with van der Waals surface area (Å²) in [6.45, 7) is 1.30. The Labute approximate surface area is 121 Å². The highest BCUT2D eigenvalue weighted by Gasteiger charge is 2.21. The van der Waals surface area contributed by atoms with Crippen LogP contribution in [0.15, 0.2) is 52.5 Å². The minimum Gasteiger partial charge on any atom is -0.392 e. The number of hydrogen-bond acceptors (Lipinski definition) is 5. The van der Waals surface area contributed by atoms with Gasteiger partial charge in [0, 0.05) is 27.7 Å². The highest BCUT2D eigenvalue weighted by atomic mass is 32.2. The Morgan fingerprint density at radius 2 is 1.90 bits per heavy atom. The number of aliphatic hydroxyl groups is 1. The Kier molecular flexibility index (Phi) is 4.32. The third-order valence-corrected chi connectivity index (χ3v) is 4.12. The maximum atomic E-state index is 9.06. The topological polar surface area (TPSA) is 51.6 Å². The molecule has 0 radical (unpaired) electrons. The van der Waals surface area contributed by atoms with Crippen molar-refractivity contribution in [1.82, 2.24) is 4.98 Å². The lowest BCUT2D eigenvalue weighted by Gasteiger charge is -2.13. The van der Waals surface area contributed by atoms with E-state index >= 15 is 0 Å². The molecule has 1 aromatic carbocycles. The molecule has 0 unspecified atom stereocenters. The molecule has 1 aromatic heterocycles. The molecule has 1 aliphatic rings. The smallest absolute Gasteiger partial charge is 0.186 e. The van der Waals surface area contributed by atoms with Gasteiger partial charge in [0.15, 0.2) is 6.29 Å². The molecule has 1 saturated heterocycles. The zero-order valence-electron chi connectivity index (χ0n) is 10.9. The van der Waals surface area contributed by atoms with Crippen molar-refractivity contribution in [2.45, 2.75) is 22.7 Å². The van der Waals surface area contributed by atoms with Gasteiger partial charge in [0.25, 0.3) is 0 Å². The lowest BCUT2D eigenvalue weighted by atomic mass is 10.2. The maximum Gasteiger partial charge on any atom is 0.186 e. The first-order valence-corrected chi connectivity index (χ1v) is 7.23. The molecule has 1 aliphatic heterocycles. The minimum atomic E-state index is -0.317. The number of rotatable bonds is 4. The van der Waals surface area contributed by atoms with Gasteiger partial charge in [-0.1, -0.05) is 23.9 Å². The quantitative estimate of drug-likeness (QED) is 0.938. The number of aromatic nitrogens is 1. The molecule has 3 rings (SSSR count). The van der Waals surface area contributed by atoms with Crippen molar-refractivity contribution >= 4 is 11.8 Å². The second-order valence-electron chi connectivity index (χ2n) is 4.39. The van der Waals surface area contributed by atoms with E-state index in [-0.39, 0.29) is 12.9 Å². The zero-order valence-corrected chi connectivity index (χ0v) is 11.7. The summed E-state index contributed by atoms with van der Waals surface area (Å²) in [7, 11) is 0. The van der Waals surface area contributed by atoms with Crippen molar-refractivity contribution in [1.29, 1.82) is 0 Å². The monoisotopic (exact) mass is 289 g/mol. The summed E-state index contributed by atoms with van der Waals surface area (Å²) in [6.07, 6.45) is 3.24. The van der Waals surface area contributed by atoms with Crippen molar-refractivity contribution in [3.05, 3.63) is 53.9 Å². The number of pyridine rings is 1. The van der Waals surface area contributed by atoms with E-state index < -0.39 is 0 Å². The van der Waals surface area contributed by atoms with Crippen LogP contribution < -0.4 is 0 Å². The molecule has 104 valence electrons. The highest BCUT2D eigenvalue weighted by molar-refractivity contribution is 7.99. The van der Waals surface area contributed by atoms with E-state index in [0.29, 0.717) is 13.2 Å². The standard InChI is InChI=1S/C15H15NO3S/c17-10-11-1-3-12(4-2-11)20-14-5-6-16-9-13(14)15-18-7-8-19-15/h1-6,9,15,17H,7-8,10H2. The fraction of sp³-hybridized carbons (Fsp3) is 0.267. The van der Waals surface area contributed by atoms with Gasteiger partial charge in [-0.25, -0.2) is 0 Å².